The largest absolute Gasteiger partial charge is 0.493 e. The third kappa shape index (κ3) is 6.24. The summed E-state index contributed by atoms with van der Waals surface area (Å²) < 4.78 is 16.3. The molecule has 154 valence electrons. The van der Waals surface area contributed by atoms with Gasteiger partial charge >= 0.3 is 5.97 Å². The van der Waals surface area contributed by atoms with Gasteiger partial charge in [-0.3, -0.25) is 4.79 Å². The Morgan fingerprint density at radius 2 is 1.76 bits per heavy atom. The van der Waals surface area contributed by atoms with E-state index in [4.69, 9.17) is 14.2 Å². The molecule has 1 fully saturated rings. The summed E-state index contributed by atoms with van der Waals surface area (Å²) in [6, 6.07) is 14.8. The Bertz CT molecular complexity index is 815. The molecule has 6 heteroatoms. The first-order chi connectivity index (χ1) is 14.2. The second-order valence-corrected chi connectivity index (χ2v) is 7.12. The van der Waals surface area contributed by atoms with Crippen molar-refractivity contribution in [2.45, 2.75) is 44.8 Å². The lowest BCUT2D eigenvalue weighted by molar-refractivity contribution is -0.125. The van der Waals surface area contributed by atoms with Crippen molar-refractivity contribution in [3.05, 3.63) is 59.7 Å². The first-order valence-corrected chi connectivity index (χ1v) is 9.97. The van der Waals surface area contributed by atoms with Crippen molar-refractivity contribution in [2.24, 2.45) is 0 Å². The van der Waals surface area contributed by atoms with E-state index in [0.717, 1.165) is 31.2 Å². The van der Waals surface area contributed by atoms with Crippen molar-refractivity contribution in [1.82, 2.24) is 5.32 Å². The number of benzene rings is 2. The summed E-state index contributed by atoms with van der Waals surface area (Å²) in [5.74, 6) is 0.127. The van der Waals surface area contributed by atoms with Gasteiger partial charge in [0.1, 0.15) is 6.61 Å². The zero-order chi connectivity index (χ0) is 20.5. The highest BCUT2D eigenvalue weighted by atomic mass is 16.5. The van der Waals surface area contributed by atoms with Crippen molar-refractivity contribution in [3.63, 3.8) is 0 Å². The van der Waals surface area contributed by atoms with Crippen molar-refractivity contribution < 1.29 is 23.8 Å². The van der Waals surface area contributed by atoms with E-state index < -0.39 is 5.97 Å². The van der Waals surface area contributed by atoms with E-state index in [2.05, 4.69) is 5.32 Å². The molecule has 0 saturated heterocycles. The number of nitrogens with one attached hydrogen (secondary N) is 1. The molecule has 0 atom stereocenters. The molecule has 0 bridgehead atoms. The van der Waals surface area contributed by atoms with Crippen LogP contribution in [0.15, 0.2) is 48.5 Å². The molecule has 1 N–H and O–H groups in total. The van der Waals surface area contributed by atoms with E-state index in [1.807, 2.05) is 30.3 Å². The second kappa shape index (κ2) is 10.5. The molecule has 1 aliphatic rings. The Morgan fingerprint density at radius 1 is 1.00 bits per heavy atom. The maximum Gasteiger partial charge on any atom is 0.338 e. The quantitative estimate of drug-likeness (QED) is 0.685. The molecular formula is C23H27NO5. The van der Waals surface area contributed by atoms with Crippen LogP contribution < -0.4 is 14.8 Å². The average molecular weight is 397 g/mol. The number of ether oxygens (including phenoxy) is 3. The van der Waals surface area contributed by atoms with Crippen LogP contribution in [0.1, 0.15) is 48.0 Å². The summed E-state index contributed by atoms with van der Waals surface area (Å²) in [6.07, 6.45) is 5.45. The lowest BCUT2D eigenvalue weighted by Gasteiger charge is -2.22. The van der Waals surface area contributed by atoms with Crippen LogP contribution in [-0.4, -0.2) is 31.6 Å². The molecule has 0 radical (unpaired) electrons. The summed E-state index contributed by atoms with van der Waals surface area (Å²) in [7, 11) is 1.51. The number of rotatable bonds is 8. The zero-order valence-corrected chi connectivity index (χ0v) is 16.7. The van der Waals surface area contributed by atoms with Gasteiger partial charge in [-0.05, 0) is 36.6 Å². The fourth-order valence-corrected chi connectivity index (χ4v) is 3.38. The summed E-state index contributed by atoms with van der Waals surface area (Å²) in [5, 5.41) is 2.93. The Labute approximate surface area is 171 Å². The monoisotopic (exact) mass is 397 g/mol. The van der Waals surface area contributed by atoms with Crippen molar-refractivity contribution in [3.8, 4) is 11.5 Å². The van der Waals surface area contributed by atoms with E-state index in [1.54, 1.807) is 18.2 Å². The highest BCUT2D eigenvalue weighted by Gasteiger charge is 2.18. The van der Waals surface area contributed by atoms with Gasteiger partial charge < -0.3 is 19.5 Å². The Hall–Kier alpha value is -3.02. The van der Waals surface area contributed by atoms with Gasteiger partial charge in [-0.25, -0.2) is 4.79 Å². The van der Waals surface area contributed by atoms with Crippen LogP contribution in [0.25, 0.3) is 0 Å². The van der Waals surface area contributed by atoms with Crippen LogP contribution in [0, 0.1) is 0 Å². The van der Waals surface area contributed by atoms with Gasteiger partial charge in [0.2, 0.25) is 0 Å². The average Bonchev–Trinajstić information content (AvgIpc) is 2.77. The number of esters is 1. The van der Waals surface area contributed by atoms with Crippen LogP contribution in [0.3, 0.4) is 0 Å². The minimum Gasteiger partial charge on any atom is -0.493 e. The number of carbonyl (C=O) groups excluding carboxylic acids is 2. The molecule has 2 aromatic rings. The van der Waals surface area contributed by atoms with Gasteiger partial charge in [-0.1, -0.05) is 49.6 Å². The topological polar surface area (TPSA) is 73.9 Å². The molecule has 6 nitrogen and oxygen atoms in total. The molecule has 1 aliphatic carbocycles. The zero-order valence-electron chi connectivity index (χ0n) is 16.7. The highest BCUT2D eigenvalue weighted by molar-refractivity contribution is 5.92. The summed E-state index contributed by atoms with van der Waals surface area (Å²) >= 11 is 0. The Balaban J connectivity index is 1.52. The Morgan fingerprint density at radius 3 is 2.48 bits per heavy atom. The molecule has 0 unspecified atom stereocenters. The van der Waals surface area contributed by atoms with Gasteiger partial charge in [0.15, 0.2) is 18.1 Å². The molecule has 29 heavy (non-hydrogen) atoms. The SMILES string of the molecule is COc1cc(C(=O)OCC(=O)NC2CCCCC2)ccc1OCc1ccccc1. The number of hydrogen-bond acceptors (Lipinski definition) is 5. The molecular weight excluding hydrogens is 370 g/mol. The standard InChI is InChI=1S/C23H27NO5/c1-27-21-14-18(12-13-20(21)28-15-17-8-4-2-5-9-17)23(26)29-16-22(25)24-19-10-6-3-7-11-19/h2,4-5,8-9,12-14,19H,3,6-7,10-11,15-16H2,1H3,(H,24,25). The molecule has 1 saturated carbocycles. The van der Waals surface area contributed by atoms with Crippen molar-refractivity contribution in [1.29, 1.82) is 0 Å². The number of hydrogen-bond donors (Lipinski definition) is 1. The molecule has 3 rings (SSSR count). The lowest BCUT2D eigenvalue weighted by atomic mass is 9.95. The van der Waals surface area contributed by atoms with Gasteiger partial charge in [-0.15, -0.1) is 0 Å². The van der Waals surface area contributed by atoms with Gasteiger partial charge in [0.05, 0.1) is 12.7 Å². The third-order valence-corrected chi connectivity index (χ3v) is 4.94. The van der Waals surface area contributed by atoms with Crippen LogP contribution in [0.4, 0.5) is 0 Å². The molecule has 0 aliphatic heterocycles. The maximum absolute atomic E-state index is 12.3. The third-order valence-electron chi connectivity index (χ3n) is 4.94. The van der Waals surface area contributed by atoms with E-state index in [-0.39, 0.29) is 18.6 Å². The summed E-state index contributed by atoms with van der Waals surface area (Å²) in [5.41, 5.74) is 1.33. The van der Waals surface area contributed by atoms with Crippen LogP contribution in [-0.2, 0) is 16.1 Å². The van der Waals surface area contributed by atoms with E-state index in [9.17, 15) is 9.59 Å². The molecule has 2 aromatic carbocycles. The molecule has 0 heterocycles. The van der Waals surface area contributed by atoms with Crippen LogP contribution in [0.2, 0.25) is 0 Å². The normalized spacial score (nSPS) is 14.1. The van der Waals surface area contributed by atoms with Gasteiger partial charge in [0.25, 0.3) is 5.91 Å². The number of methoxy groups -OCH3 is 1. The van der Waals surface area contributed by atoms with E-state index in [0.29, 0.717) is 23.7 Å². The van der Waals surface area contributed by atoms with E-state index >= 15 is 0 Å². The fraction of sp³-hybridized carbons (Fsp3) is 0.391. The molecule has 0 aromatic heterocycles. The minimum atomic E-state index is -0.572. The summed E-state index contributed by atoms with van der Waals surface area (Å²) in [6.45, 7) is 0.103. The van der Waals surface area contributed by atoms with Gasteiger partial charge in [-0.2, -0.15) is 0 Å². The first-order valence-electron chi connectivity index (χ1n) is 9.97. The van der Waals surface area contributed by atoms with Gasteiger partial charge in [0, 0.05) is 6.04 Å². The number of carbonyl (C=O) groups is 2. The van der Waals surface area contributed by atoms with Crippen LogP contribution in [0.5, 0.6) is 11.5 Å². The lowest BCUT2D eigenvalue weighted by Crippen LogP contribution is -2.38. The smallest absolute Gasteiger partial charge is 0.338 e. The van der Waals surface area contributed by atoms with E-state index in [1.165, 1.54) is 13.5 Å². The Kier molecular flexibility index (Phi) is 7.50. The van der Waals surface area contributed by atoms with Crippen molar-refractivity contribution >= 4 is 11.9 Å². The number of amides is 1. The highest BCUT2D eigenvalue weighted by Crippen LogP contribution is 2.29. The predicted octanol–water partition coefficient (Wildman–Crippen LogP) is 3.88. The fourth-order valence-electron chi connectivity index (χ4n) is 3.38. The van der Waals surface area contributed by atoms with Crippen LogP contribution >= 0.6 is 0 Å². The molecule has 0 spiro atoms. The molecule has 1 amide bonds. The maximum atomic E-state index is 12.3. The second-order valence-electron chi connectivity index (χ2n) is 7.12. The predicted molar refractivity (Wildman–Crippen MR) is 109 cm³/mol. The minimum absolute atomic E-state index is 0.191. The first kappa shape index (κ1) is 20.7. The van der Waals surface area contributed by atoms with Crippen molar-refractivity contribution in [2.75, 3.05) is 13.7 Å². The summed E-state index contributed by atoms with van der Waals surface area (Å²) in [4.78, 5) is 24.3.